The van der Waals surface area contributed by atoms with E-state index < -0.39 is 0 Å². The lowest BCUT2D eigenvalue weighted by Gasteiger charge is -2.05. The monoisotopic (exact) mass is 177 g/mol. The summed E-state index contributed by atoms with van der Waals surface area (Å²) in [6.45, 7) is 0.227. The Hall–Kier alpha value is -0.860. The number of hydrogen-bond donors (Lipinski definition) is 2. The number of nitrogens with two attached hydrogens (primary N) is 1. The molecule has 0 aromatic heterocycles. The van der Waals surface area contributed by atoms with E-state index in [1.807, 2.05) is 0 Å². The second kappa shape index (κ2) is 3.48. The minimum absolute atomic E-state index is 0.227. The SMILES string of the molecule is N[C@H]1CCc2cc(CCO)ccc21. The molecule has 3 N–H and O–H groups in total. The molecule has 2 heteroatoms. The van der Waals surface area contributed by atoms with Gasteiger partial charge in [0.1, 0.15) is 0 Å². The molecule has 1 aliphatic carbocycles. The Morgan fingerprint density at radius 1 is 1.46 bits per heavy atom. The maximum Gasteiger partial charge on any atom is 0.0471 e. The summed E-state index contributed by atoms with van der Waals surface area (Å²) >= 11 is 0. The van der Waals surface area contributed by atoms with Crippen molar-refractivity contribution in [3.05, 3.63) is 34.9 Å². The summed E-state index contributed by atoms with van der Waals surface area (Å²) in [6, 6.07) is 6.59. The highest BCUT2D eigenvalue weighted by molar-refractivity contribution is 5.37. The van der Waals surface area contributed by atoms with Crippen LogP contribution in [0.25, 0.3) is 0 Å². The molecule has 0 amide bonds. The van der Waals surface area contributed by atoms with Gasteiger partial charge in [0.25, 0.3) is 0 Å². The van der Waals surface area contributed by atoms with Crippen molar-refractivity contribution in [2.24, 2.45) is 5.73 Å². The molecule has 0 aliphatic heterocycles. The average Bonchev–Trinajstić information content (AvgIpc) is 2.48. The summed E-state index contributed by atoms with van der Waals surface area (Å²) in [5, 5.41) is 8.80. The predicted octanol–water partition coefficient (Wildman–Crippen LogP) is 1.17. The fraction of sp³-hybridized carbons (Fsp3) is 0.455. The number of rotatable bonds is 2. The van der Waals surface area contributed by atoms with E-state index in [2.05, 4.69) is 18.2 Å². The summed E-state index contributed by atoms with van der Waals surface area (Å²) < 4.78 is 0. The molecular formula is C11H15NO. The van der Waals surface area contributed by atoms with Gasteiger partial charge in [-0.1, -0.05) is 18.2 Å². The molecule has 1 aliphatic rings. The maximum atomic E-state index is 8.80. The molecule has 1 atom stereocenters. The Bertz CT molecular complexity index is 309. The number of fused-ring (bicyclic) bond motifs is 1. The predicted molar refractivity (Wildman–Crippen MR) is 52.5 cm³/mol. The maximum absolute atomic E-state index is 8.80. The lowest BCUT2D eigenvalue weighted by Crippen LogP contribution is -2.05. The molecule has 1 aromatic carbocycles. The number of hydrogen-bond acceptors (Lipinski definition) is 2. The van der Waals surface area contributed by atoms with Crippen LogP contribution in [0, 0.1) is 0 Å². The van der Waals surface area contributed by atoms with E-state index in [1.165, 1.54) is 16.7 Å². The quantitative estimate of drug-likeness (QED) is 0.712. The third-order valence-corrected chi connectivity index (χ3v) is 2.73. The number of aliphatic hydroxyl groups is 1. The Balaban J connectivity index is 2.29. The molecule has 13 heavy (non-hydrogen) atoms. The fourth-order valence-corrected chi connectivity index (χ4v) is 1.99. The standard InChI is InChI=1S/C11H15NO/c12-11-4-2-9-7-8(5-6-13)1-3-10(9)11/h1,3,7,11,13H,2,4-6,12H2/t11-/m0/s1. The summed E-state index contributed by atoms with van der Waals surface area (Å²) in [6.07, 6.45) is 2.91. The molecule has 0 heterocycles. The minimum Gasteiger partial charge on any atom is -0.396 e. The topological polar surface area (TPSA) is 46.2 Å². The second-order valence-electron chi connectivity index (χ2n) is 3.65. The first-order valence-electron chi connectivity index (χ1n) is 4.79. The highest BCUT2D eigenvalue weighted by Gasteiger charge is 2.18. The van der Waals surface area contributed by atoms with Crippen LogP contribution in [0.2, 0.25) is 0 Å². The highest BCUT2D eigenvalue weighted by atomic mass is 16.2. The number of aliphatic hydroxyl groups excluding tert-OH is 1. The largest absolute Gasteiger partial charge is 0.396 e. The van der Waals surface area contributed by atoms with Gasteiger partial charge < -0.3 is 10.8 Å². The minimum atomic E-state index is 0.227. The molecule has 70 valence electrons. The lowest BCUT2D eigenvalue weighted by atomic mass is 10.0. The van der Waals surface area contributed by atoms with Crippen LogP contribution < -0.4 is 5.73 Å². The van der Waals surface area contributed by atoms with Crippen molar-refractivity contribution in [1.82, 2.24) is 0 Å². The van der Waals surface area contributed by atoms with Crippen molar-refractivity contribution < 1.29 is 5.11 Å². The van der Waals surface area contributed by atoms with Crippen molar-refractivity contribution in [3.63, 3.8) is 0 Å². The third-order valence-electron chi connectivity index (χ3n) is 2.73. The summed E-state index contributed by atoms with van der Waals surface area (Å²) in [5.41, 5.74) is 9.81. The van der Waals surface area contributed by atoms with Gasteiger partial charge in [0, 0.05) is 12.6 Å². The smallest absolute Gasteiger partial charge is 0.0471 e. The van der Waals surface area contributed by atoms with Crippen LogP contribution in [0.4, 0.5) is 0 Å². The Morgan fingerprint density at radius 2 is 2.31 bits per heavy atom. The van der Waals surface area contributed by atoms with E-state index >= 15 is 0 Å². The van der Waals surface area contributed by atoms with Crippen molar-refractivity contribution in [1.29, 1.82) is 0 Å². The zero-order valence-corrected chi connectivity index (χ0v) is 7.66. The van der Waals surface area contributed by atoms with Gasteiger partial charge in [0.15, 0.2) is 0 Å². The van der Waals surface area contributed by atoms with Crippen LogP contribution in [0.1, 0.15) is 29.2 Å². The molecule has 0 saturated carbocycles. The molecular weight excluding hydrogens is 162 g/mol. The average molecular weight is 177 g/mol. The van der Waals surface area contributed by atoms with Crippen LogP contribution in [-0.4, -0.2) is 11.7 Å². The Kier molecular flexibility index (Phi) is 2.34. The summed E-state index contributed by atoms with van der Waals surface area (Å²) in [5.74, 6) is 0. The number of benzene rings is 1. The van der Waals surface area contributed by atoms with Gasteiger partial charge >= 0.3 is 0 Å². The Labute approximate surface area is 78.4 Å². The van der Waals surface area contributed by atoms with E-state index in [4.69, 9.17) is 10.8 Å². The van der Waals surface area contributed by atoms with E-state index in [0.29, 0.717) is 0 Å². The zero-order valence-electron chi connectivity index (χ0n) is 7.66. The summed E-state index contributed by atoms with van der Waals surface area (Å²) in [4.78, 5) is 0. The zero-order chi connectivity index (χ0) is 9.26. The van der Waals surface area contributed by atoms with E-state index in [-0.39, 0.29) is 12.6 Å². The van der Waals surface area contributed by atoms with Gasteiger partial charge in [-0.05, 0) is 36.0 Å². The van der Waals surface area contributed by atoms with Gasteiger partial charge in [-0.25, -0.2) is 0 Å². The molecule has 0 fully saturated rings. The van der Waals surface area contributed by atoms with Crippen LogP contribution >= 0.6 is 0 Å². The van der Waals surface area contributed by atoms with Crippen LogP contribution in [0.5, 0.6) is 0 Å². The van der Waals surface area contributed by atoms with Crippen LogP contribution in [0.15, 0.2) is 18.2 Å². The molecule has 2 nitrogen and oxygen atoms in total. The van der Waals surface area contributed by atoms with Gasteiger partial charge in [-0.3, -0.25) is 0 Å². The molecule has 0 bridgehead atoms. The third kappa shape index (κ3) is 1.60. The first-order chi connectivity index (χ1) is 6.31. The highest BCUT2D eigenvalue weighted by Crippen LogP contribution is 2.29. The lowest BCUT2D eigenvalue weighted by molar-refractivity contribution is 0.299. The Morgan fingerprint density at radius 3 is 3.08 bits per heavy atom. The molecule has 0 radical (unpaired) electrons. The summed E-state index contributed by atoms with van der Waals surface area (Å²) in [7, 11) is 0. The van der Waals surface area contributed by atoms with Crippen molar-refractivity contribution >= 4 is 0 Å². The molecule has 0 saturated heterocycles. The molecule has 2 rings (SSSR count). The van der Waals surface area contributed by atoms with Crippen molar-refractivity contribution in [2.45, 2.75) is 25.3 Å². The van der Waals surface area contributed by atoms with Gasteiger partial charge in [-0.2, -0.15) is 0 Å². The van der Waals surface area contributed by atoms with E-state index in [0.717, 1.165) is 19.3 Å². The van der Waals surface area contributed by atoms with Crippen molar-refractivity contribution in [3.8, 4) is 0 Å². The van der Waals surface area contributed by atoms with Crippen LogP contribution in [0.3, 0.4) is 0 Å². The fourth-order valence-electron chi connectivity index (χ4n) is 1.99. The molecule has 0 unspecified atom stereocenters. The van der Waals surface area contributed by atoms with Gasteiger partial charge in [0.05, 0.1) is 0 Å². The first kappa shape index (κ1) is 8.73. The molecule has 1 aromatic rings. The second-order valence-corrected chi connectivity index (χ2v) is 3.65. The van der Waals surface area contributed by atoms with Gasteiger partial charge in [0.2, 0.25) is 0 Å². The van der Waals surface area contributed by atoms with Crippen molar-refractivity contribution in [2.75, 3.05) is 6.61 Å². The van der Waals surface area contributed by atoms with Gasteiger partial charge in [-0.15, -0.1) is 0 Å². The van der Waals surface area contributed by atoms with E-state index in [9.17, 15) is 0 Å². The molecule has 0 spiro atoms. The first-order valence-corrected chi connectivity index (χ1v) is 4.79. The normalized spacial score (nSPS) is 20.3. The van der Waals surface area contributed by atoms with E-state index in [1.54, 1.807) is 0 Å². The van der Waals surface area contributed by atoms with Crippen LogP contribution in [-0.2, 0) is 12.8 Å². The number of aryl methyl sites for hydroxylation is 1.